The molecule has 0 aromatic rings. The number of hydrogen-bond acceptors (Lipinski definition) is 4. The van der Waals surface area contributed by atoms with Gasteiger partial charge in [-0.25, -0.2) is 4.79 Å². The third kappa shape index (κ3) is 3.68. The van der Waals surface area contributed by atoms with Crippen molar-refractivity contribution in [1.29, 1.82) is 0 Å². The van der Waals surface area contributed by atoms with Crippen LogP contribution in [-0.2, 0) is 14.3 Å². The molecule has 6 nitrogen and oxygen atoms in total. The fourth-order valence-corrected chi connectivity index (χ4v) is 1.89. The molecule has 0 saturated carbocycles. The molecule has 0 aromatic heterocycles. The van der Waals surface area contributed by atoms with Crippen LogP contribution in [0.4, 0.5) is 0 Å². The first-order chi connectivity index (χ1) is 8.31. The fourth-order valence-electron chi connectivity index (χ4n) is 1.89. The van der Waals surface area contributed by atoms with Crippen molar-refractivity contribution in [2.75, 3.05) is 19.7 Å². The Morgan fingerprint density at radius 3 is 2.50 bits per heavy atom. The summed E-state index contributed by atoms with van der Waals surface area (Å²) >= 11 is 0. The molecule has 0 radical (unpaired) electrons. The molecule has 0 aromatic carbocycles. The van der Waals surface area contributed by atoms with Gasteiger partial charge >= 0.3 is 5.97 Å². The van der Waals surface area contributed by atoms with Gasteiger partial charge in [-0.3, -0.25) is 4.79 Å². The number of hydrogen-bond donors (Lipinski definition) is 3. The smallest absolute Gasteiger partial charge is 0.329 e. The van der Waals surface area contributed by atoms with Crippen molar-refractivity contribution in [3.63, 3.8) is 0 Å². The number of nitrogens with one attached hydrogen (secondary N) is 2. The molecule has 6 heteroatoms. The second kappa shape index (κ2) is 5.67. The molecule has 1 saturated heterocycles. The number of carboxylic acid groups (broad SMARTS) is 1. The normalized spacial score (nSPS) is 20.6. The second-order valence-electron chi connectivity index (χ2n) is 5.28. The van der Waals surface area contributed by atoms with E-state index in [9.17, 15) is 9.59 Å². The maximum Gasteiger partial charge on any atom is 0.329 e. The zero-order valence-electron chi connectivity index (χ0n) is 11.2. The highest BCUT2D eigenvalue weighted by atomic mass is 16.5. The van der Waals surface area contributed by atoms with Gasteiger partial charge in [-0.05, 0) is 20.3 Å². The summed E-state index contributed by atoms with van der Waals surface area (Å²) < 4.78 is 5.46. The Hall–Kier alpha value is -1.14. The SMILES string of the molecule is CCCC(C)(NC(=O)COC1(C)CNC1)C(=O)O. The Bertz CT molecular complexity index is 328. The first kappa shape index (κ1) is 14.9. The summed E-state index contributed by atoms with van der Waals surface area (Å²) in [6.07, 6.45) is 1.08. The Labute approximate surface area is 107 Å². The van der Waals surface area contributed by atoms with Crippen LogP contribution in [0.2, 0.25) is 0 Å². The first-order valence-electron chi connectivity index (χ1n) is 6.20. The van der Waals surface area contributed by atoms with Crippen LogP contribution in [0.5, 0.6) is 0 Å². The van der Waals surface area contributed by atoms with Crippen LogP contribution in [0.15, 0.2) is 0 Å². The standard InChI is InChI=1S/C12H22N2O4/c1-4-5-12(3,10(16)17)14-9(15)6-18-11(2)7-13-8-11/h13H,4-8H2,1-3H3,(H,14,15)(H,16,17). The van der Waals surface area contributed by atoms with Gasteiger partial charge in [0.2, 0.25) is 5.91 Å². The monoisotopic (exact) mass is 258 g/mol. The van der Waals surface area contributed by atoms with Gasteiger partial charge in [0.15, 0.2) is 0 Å². The molecule has 1 fully saturated rings. The topological polar surface area (TPSA) is 87.7 Å². The van der Waals surface area contributed by atoms with Crippen LogP contribution in [0.25, 0.3) is 0 Å². The zero-order chi connectivity index (χ0) is 13.8. The lowest BCUT2D eigenvalue weighted by Crippen LogP contribution is -2.60. The molecular weight excluding hydrogens is 236 g/mol. The zero-order valence-corrected chi connectivity index (χ0v) is 11.2. The third-order valence-corrected chi connectivity index (χ3v) is 3.19. The second-order valence-corrected chi connectivity index (χ2v) is 5.28. The summed E-state index contributed by atoms with van der Waals surface area (Å²) in [5.41, 5.74) is -1.52. The van der Waals surface area contributed by atoms with Crippen molar-refractivity contribution < 1.29 is 19.4 Å². The van der Waals surface area contributed by atoms with Crippen molar-refractivity contribution in [2.24, 2.45) is 0 Å². The predicted molar refractivity (Wildman–Crippen MR) is 66.3 cm³/mol. The minimum Gasteiger partial charge on any atom is -0.480 e. The number of ether oxygens (including phenoxy) is 1. The fraction of sp³-hybridized carbons (Fsp3) is 0.833. The molecule has 0 aliphatic carbocycles. The van der Waals surface area contributed by atoms with Crippen LogP contribution in [-0.4, -0.2) is 47.8 Å². The molecule has 0 spiro atoms. The van der Waals surface area contributed by atoms with Gasteiger partial charge in [0, 0.05) is 13.1 Å². The summed E-state index contributed by atoms with van der Waals surface area (Å²) in [5, 5.41) is 14.7. The van der Waals surface area contributed by atoms with E-state index in [1.165, 1.54) is 6.92 Å². The molecule has 18 heavy (non-hydrogen) atoms. The Balaban J connectivity index is 2.43. The van der Waals surface area contributed by atoms with Gasteiger partial charge < -0.3 is 20.5 Å². The van der Waals surface area contributed by atoms with Crippen LogP contribution in [0.3, 0.4) is 0 Å². The number of rotatable bonds is 7. The highest BCUT2D eigenvalue weighted by molar-refractivity contribution is 5.87. The van der Waals surface area contributed by atoms with Gasteiger partial charge in [0.25, 0.3) is 0 Å². The van der Waals surface area contributed by atoms with Gasteiger partial charge in [-0.2, -0.15) is 0 Å². The Morgan fingerprint density at radius 1 is 1.50 bits per heavy atom. The van der Waals surface area contributed by atoms with E-state index in [2.05, 4.69) is 10.6 Å². The molecule has 1 rings (SSSR count). The highest BCUT2D eigenvalue weighted by Crippen LogP contribution is 2.16. The molecule has 104 valence electrons. The minimum absolute atomic E-state index is 0.106. The lowest BCUT2D eigenvalue weighted by Gasteiger charge is -2.39. The van der Waals surface area contributed by atoms with Gasteiger partial charge in [0.05, 0.1) is 5.60 Å². The Morgan fingerprint density at radius 2 is 2.11 bits per heavy atom. The summed E-state index contributed by atoms with van der Waals surface area (Å²) in [6.45, 7) is 6.63. The molecular formula is C12H22N2O4. The summed E-state index contributed by atoms with van der Waals surface area (Å²) in [6, 6.07) is 0. The molecule has 1 aliphatic heterocycles. The predicted octanol–water partition coefficient (Wildman–Crippen LogP) is 0.125. The van der Waals surface area contributed by atoms with Gasteiger partial charge in [-0.1, -0.05) is 13.3 Å². The van der Waals surface area contributed by atoms with E-state index in [1.54, 1.807) is 0 Å². The number of amides is 1. The third-order valence-electron chi connectivity index (χ3n) is 3.19. The van der Waals surface area contributed by atoms with Gasteiger partial charge in [0.1, 0.15) is 12.1 Å². The number of carboxylic acids is 1. The largest absolute Gasteiger partial charge is 0.480 e. The van der Waals surface area contributed by atoms with Crippen molar-refractivity contribution in [2.45, 2.75) is 44.8 Å². The van der Waals surface area contributed by atoms with E-state index in [0.717, 1.165) is 0 Å². The minimum atomic E-state index is -1.21. The molecule has 1 atom stereocenters. The summed E-state index contributed by atoms with van der Waals surface area (Å²) in [5.74, 6) is -1.41. The van der Waals surface area contributed by atoms with E-state index in [4.69, 9.17) is 9.84 Å². The Kier molecular flexibility index (Phi) is 4.70. The highest BCUT2D eigenvalue weighted by Gasteiger charge is 2.36. The van der Waals surface area contributed by atoms with Crippen LogP contribution in [0, 0.1) is 0 Å². The van der Waals surface area contributed by atoms with E-state index < -0.39 is 11.5 Å². The molecule has 1 amide bonds. The molecule has 1 heterocycles. The van der Waals surface area contributed by atoms with E-state index >= 15 is 0 Å². The molecule has 3 N–H and O–H groups in total. The lowest BCUT2D eigenvalue weighted by molar-refractivity contribution is -0.150. The first-order valence-corrected chi connectivity index (χ1v) is 6.20. The van der Waals surface area contributed by atoms with Gasteiger partial charge in [-0.15, -0.1) is 0 Å². The average molecular weight is 258 g/mol. The van der Waals surface area contributed by atoms with E-state index in [-0.39, 0.29) is 18.1 Å². The average Bonchev–Trinajstić information content (AvgIpc) is 2.23. The number of carbonyl (C=O) groups excluding carboxylic acids is 1. The molecule has 1 unspecified atom stereocenters. The maximum atomic E-state index is 11.7. The van der Waals surface area contributed by atoms with Crippen LogP contribution in [0.1, 0.15) is 33.6 Å². The van der Waals surface area contributed by atoms with Crippen LogP contribution >= 0.6 is 0 Å². The van der Waals surface area contributed by atoms with E-state index in [0.29, 0.717) is 25.9 Å². The van der Waals surface area contributed by atoms with Crippen molar-refractivity contribution in [3.05, 3.63) is 0 Å². The van der Waals surface area contributed by atoms with Crippen molar-refractivity contribution in [1.82, 2.24) is 10.6 Å². The summed E-state index contributed by atoms with van der Waals surface area (Å²) in [4.78, 5) is 22.9. The molecule has 1 aliphatic rings. The number of aliphatic carboxylic acids is 1. The van der Waals surface area contributed by atoms with Crippen LogP contribution < -0.4 is 10.6 Å². The quantitative estimate of drug-likeness (QED) is 0.604. The van der Waals surface area contributed by atoms with E-state index in [1.807, 2.05) is 13.8 Å². The van der Waals surface area contributed by atoms with Crippen molar-refractivity contribution in [3.8, 4) is 0 Å². The van der Waals surface area contributed by atoms with Crippen molar-refractivity contribution >= 4 is 11.9 Å². The number of carbonyl (C=O) groups is 2. The molecule has 0 bridgehead atoms. The maximum absolute atomic E-state index is 11.7. The summed E-state index contributed by atoms with van der Waals surface area (Å²) in [7, 11) is 0. The lowest BCUT2D eigenvalue weighted by atomic mass is 9.96.